The van der Waals surface area contributed by atoms with Crippen LogP contribution in [0.3, 0.4) is 0 Å². The van der Waals surface area contributed by atoms with Crippen LogP contribution in [-0.4, -0.2) is 60.3 Å². The van der Waals surface area contributed by atoms with Crippen LogP contribution in [0.5, 0.6) is 0 Å². The average molecular weight is 269 g/mol. The van der Waals surface area contributed by atoms with Gasteiger partial charge in [-0.1, -0.05) is 0 Å². The number of aromatic nitrogens is 4. The Hall–Kier alpha value is -1.97. The Kier molecular flexibility index (Phi) is 3.51. The lowest BCUT2D eigenvalue weighted by atomic mass is 10.0. The summed E-state index contributed by atoms with van der Waals surface area (Å²) in [7, 11) is 0. The van der Waals surface area contributed by atoms with E-state index in [1.165, 1.54) is 10.5 Å². The second-order valence-corrected chi connectivity index (χ2v) is 4.29. The van der Waals surface area contributed by atoms with Crippen LogP contribution in [-0.2, 0) is 0 Å². The average Bonchev–Trinajstić information content (AvgIpc) is 2.78. The van der Waals surface area contributed by atoms with Crippen LogP contribution in [0.15, 0.2) is 10.9 Å². The van der Waals surface area contributed by atoms with Gasteiger partial charge in [0.2, 0.25) is 0 Å². The van der Waals surface area contributed by atoms with Crippen LogP contribution in [0.4, 0.5) is 5.82 Å². The molecule has 9 heteroatoms. The van der Waals surface area contributed by atoms with Gasteiger partial charge in [0, 0.05) is 6.07 Å². The maximum absolute atomic E-state index is 11.4. The summed E-state index contributed by atoms with van der Waals surface area (Å²) in [4.78, 5) is 15.6. The molecule has 0 spiro atoms. The van der Waals surface area contributed by atoms with Gasteiger partial charge in [0.1, 0.15) is 17.2 Å². The van der Waals surface area contributed by atoms with Gasteiger partial charge in [-0.15, -0.1) is 0 Å². The number of aliphatic hydroxyl groups excluding tert-OH is 3. The second kappa shape index (κ2) is 4.96. The molecule has 104 valence electrons. The predicted octanol–water partition coefficient (Wildman–Crippen LogP) is -2.15. The third kappa shape index (κ3) is 2.30. The number of nitrogens with zero attached hydrogens (tertiary/aromatic N) is 3. The van der Waals surface area contributed by atoms with Crippen LogP contribution in [0, 0.1) is 6.92 Å². The number of H-pyrrole nitrogens is 1. The standard InChI is InChI=1S/C10H15N5O4/c1-6-11-7(12-10(3-16,4-17)5-18)2-8-13-14-9(19)15(6)8/h2,12,16-18H,3-5H2,1H3,(H,14,19). The van der Waals surface area contributed by atoms with Crippen molar-refractivity contribution in [2.45, 2.75) is 12.5 Å². The van der Waals surface area contributed by atoms with Gasteiger partial charge in [0.15, 0.2) is 5.65 Å². The van der Waals surface area contributed by atoms with E-state index in [1.807, 2.05) is 0 Å². The van der Waals surface area contributed by atoms with Crippen molar-refractivity contribution >= 4 is 11.5 Å². The molecule has 2 heterocycles. The van der Waals surface area contributed by atoms with Gasteiger partial charge in [0.25, 0.3) is 0 Å². The molecular weight excluding hydrogens is 254 g/mol. The smallest absolute Gasteiger partial charge is 0.349 e. The number of aryl methyl sites for hydroxylation is 1. The highest BCUT2D eigenvalue weighted by Crippen LogP contribution is 2.14. The van der Waals surface area contributed by atoms with E-state index in [1.54, 1.807) is 6.92 Å². The molecule has 0 aliphatic rings. The molecular formula is C10H15N5O4. The summed E-state index contributed by atoms with van der Waals surface area (Å²) in [5.74, 6) is 0.683. The van der Waals surface area contributed by atoms with Crippen molar-refractivity contribution in [2.75, 3.05) is 25.1 Å². The van der Waals surface area contributed by atoms with Crippen molar-refractivity contribution in [2.24, 2.45) is 0 Å². The molecule has 0 aliphatic carbocycles. The molecule has 0 radical (unpaired) electrons. The zero-order valence-electron chi connectivity index (χ0n) is 10.3. The Labute approximate surface area is 107 Å². The Balaban J connectivity index is 2.44. The lowest BCUT2D eigenvalue weighted by molar-refractivity contribution is 0.0831. The van der Waals surface area contributed by atoms with Gasteiger partial charge in [-0.05, 0) is 6.92 Å². The number of nitrogens with one attached hydrogen (secondary N) is 2. The van der Waals surface area contributed by atoms with Gasteiger partial charge >= 0.3 is 5.69 Å². The number of fused-ring (bicyclic) bond motifs is 1. The van der Waals surface area contributed by atoms with Crippen molar-refractivity contribution in [3.8, 4) is 0 Å². The first-order valence-corrected chi connectivity index (χ1v) is 5.61. The fraction of sp³-hybridized carbons (Fsp3) is 0.500. The van der Waals surface area contributed by atoms with Gasteiger partial charge in [-0.2, -0.15) is 5.10 Å². The van der Waals surface area contributed by atoms with Gasteiger partial charge in [0.05, 0.1) is 19.8 Å². The molecule has 0 atom stereocenters. The largest absolute Gasteiger partial charge is 0.394 e. The third-order valence-corrected chi connectivity index (χ3v) is 2.87. The van der Waals surface area contributed by atoms with E-state index < -0.39 is 31.0 Å². The van der Waals surface area contributed by atoms with Crippen LogP contribution in [0.1, 0.15) is 5.82 Å². The molecule has 2 aromatic heterocycles. The Morgan fingerprint density at radius 2 is 2.00 bits per heavy atom. The Bertz CT molecular complexity index is 622. The maximum atomic E-state index is 11.4. The second-order valence-electron chi connectivity index (χ2n) is 4.29. The van der Waals surface area contributed by atoms with Crippen LogP contribution >= 0.6 is 0 Å². The number of anilines is 1. The SMILES string of the molecule is Cc1nc(NC(CO)(CO)CO)cc2n[nH]c(=O)n12. The number of rotatable bonds is 5. The molecule has 0 aromatic carbocycles. The van der Waals surface area contributed by atoms with E-state index in [2.05, 4.69) is 20.5 Å². The molecule has 0 bridgehead atoms. The fourth-order valence-electron chi connectivity index (χ4n) is 1.70. The molecule has 0 saturated carbocycles. The summed E-state index contributed by atoms with van der Waals surface area (Å²) >= 11 is 0. The first-order chi connectivity index (χ1) is 9.05. The highest BCUT2D eigenvalue weighted by Gasteiger charge is 2.28. The molecule has 0 saturated heterocycles. The van der Waals surface area contributed by atoms with Gasteiger partial charge in [-0.3, -0.25) is 0 Å². The molecule has 0 amide bonds. The van der Waals surface area contributed by atoms with Gasteiger partial charge < -0.3 is 20.6 Å². The summed E-state index contributed by atoms with van der Waals surface area (Å²) in [5.41, 5.74) is -1.33. The van der Waals surface area contributed by atoms with Crippen molar-refractivity contribution in [1.82, 2.24) is 19.6 Å². The number of aromatic amines is 1. The monoisotopic (exact) mass is 269 g/mol. The molecule has 0 unspecified atom stereocenters. The topological polar surface area (TPSA) is 136 Å². The first-order valence-electron chi connectivity index (χ1n) is 5.61. The first kappa shape index (κ1) is 13.5. The van der Waals surface area contributed by atoms with Crippen LogP contribution < -0.4 is 11.0 Å². The number of aliphatic hydroxyl groups is 3. The quantitative estimate of drug-likeness (QED) is 0.417. The van der Waals surface area contributed by atoms with Crippen molar-refractivity contribution in [1.29, 1.82) is 0 Å². The van der Waals surface area contributed by atoms with E-state index >= 15 is 0 Å². The lowest BCUT2D eigenvalue weighted by Gasteiger charge is -2.29. The molecule has 19 heavy (non-hydrogen) atoms. The van der Waals surface area contributed by atoms with E-state index in [9.17, 15) is 20.1 Å². The van der Waals surface area contributed by atoms with Crippen molar-refractivity contribution in [3.05, 3.63) is 22.4 Å². The van der Waals surface area contributed by atoms with Crippen LogP contribution in [0.25, 0.3) is 5.65 Å². The van der Waals surface area contributed by atoms with Crippen LogP contribution in [0.2, 0.25) is 0 Å². The maximum Gasteiger partial charge on any atom is 0.349 e. The molecule has 5 N–H and O–H groups in total. The molecule has 9 nitrogen and oxygen atoms in total. The normalized spacial score (nSPS) is 12.0. The van der Waals surface area contributed by atoms with E-state index in [-0.39, 0.29) is 0 Å². The highest BCUT2D eigenvalue weighted by molar-refractivity contribution is 5.51. The summed E-state index contributed by atoms with van der Waals surface area (Å²) in [5, 5.41) is 36.6. The molecule has 2 aromatic rings. The Morgan fingerprint density at radius 3 is 2.58 bits per heavy atom. The third-order valence-electron chi connectivity index (χ3n) is 2.87. The minimum Gasteiger partial charge on any atom is -0.394 e. The number of hydrogen-bond acceptors (Lipinski definition) is 7. The predicted molar refractivity (Wildman–Crippen MR) is 66.0 cm³/mol. The fourth-order valence-corrected chi connectivity index (χ4v) is 1.70. The summed E-state index contributed by atoms with van der Waals surface area (Å²) in [6.45, 7) is 0.200. The zero-order valence-corrected chi connectivity index (χ0v) is 10.3. The Morgan fingerprint density at radius 1 is 1.37 bits per heavy atom. The highest BCUT2D eigenvalue weighted by atomic mass is 16.3. The van der Waals surface area contributed by atoms with Gasteiger partial charge in [-0.25, -0.2) is 19.3 Å². The summed E-state index contributed by atoms with van der Waals surface area (Å²) in [6.07, 6.45) is 0. The van der Waals surface area contributed by atoms with Crippen molar-refractivity contribution in [3.63, 3.8) is 0 Å². The van der Waals surface area contributed by atoms with E-state index in [4.69, 9.17) is 0 Å². The van der Waals surface area contributed by atoms with E-state index in [0.29, 0.717) is 17.3 Å². The molecule has 2 rings (SSSR count). The number of hydrogen-bond donors (Lipinski definition) is 5. The lowest BCUT2D eigenvalue weighted by Crippen LogP contribution is -2.49. The summed E-state index contributed by atoms with van der Waals surface area (Å²) < 4.78 is 1.28. The van der Waals surface area contributed by atoms with Crippen molar-refractivity contribution < 1.29 is 15.3 Å². The molecule has 0 fully saturated rings. The molecule has 0 aliphatic heterocycles. The minimum atomic E-state index is -1.28. The van der Waals surface area contributed by atoms with E-state index in [0.717, 1.165) is 0 Å². The zero-order chi connectivity index (χ0) is 14.0. The minimum absolute atomic E-state index is 0.293. The summed E-state index contributed by atoms with van der Waals surface area (Å²) in [6, 6.07) is 1.47.